The maximum absolute atomic E-state index is 12.2. The van der Waals surface area contributed by atoms with Crippen molar-refractivity contribution in [1.29, 1.82) is 0 Å². The Balaban J connectivity index is 2.37. The van der Waals surface area contributed by atoms with E-state index in [4.69, 9.17) is 5.11 Å². The highest BCUT2D eigenvalue weighted by Crippen LogP contribution is 2.55. The number of hydrogen-bond acceptors (Lipinski definition) is 3. The highest BCUT2D eigenvalue weighted by atomic mass is 16.4. The van der Waals surface area contributed by atoms with Crippen molar-refractivity contribution in [3.8, 4) is 0 Å². The summed E-state index contributed by atoms with van der Waals surface area (Å²) in [6, 6.07) is 0. The number of carbonyl (C=O) groups is 2. The molecule has 2 rings (SSSR count). The minimum atomic E-state index is -1.00. The van der Waals surface area contributed by atoms with Gasteiger partial charge in [-0.15, -0.1) is 0 Å². The summed E-state index contributed by atoms with van der Waals surface area (Å²) in [5.41, 5.74) is -1.65. The molecule has 0 amide bonds. The van der Waals surface area contributed by atoms with E-state index in [9.17, 15) is 14.7 Å². The van der Waals surface area contributed by atoms with Crippen LogP contribution in [0.15, 0.2) is 12.2 Å². The Morgan fingerprint density at radius 2 is 2.05 bits per heavy atom. The molecule has 0 saturated heterocycles. The number of ketones is 1. The fourth-order valence-electron chi connectivity index (χ4n) is 3.93. The Morgan fingerprint density at radius 3 is 2.63 bits per heavy atom. The summed E-state index contributed by atoms with van der Waals surface area (Å²) < 4.78 is 0. The van der Waals surface area contributed by atoms with E-state index in [1.807, 2.05) is 6.92 Å². The van der Waals surface area contributed by atoms with Crippen LogP contribution in [0, 0.1) is 17.3 Å². The van der Waals surface area contributed by atoms with Gasteiger partial charge in [0.15, 0.2) is 0 Å². The first kappa shape index (κ1) is 14.3. The Bertz CT molecular complexity index is 441. The quantitative estimate of drug-likeness (QED) is 0.751. The van der Waals surface area contributed by atoms with Crippen LogP contribution >= 0.6 is 0 Å². The zero-order chi connectivity index (χ0) is 14.4. The van der Waals surface area contributed by atoms with Crippen LogP contribution < -0.4 is 0 Å². The fraction of sp³-hybridized carbons (Fsp3) is 0.733. The van der Waals surface area contributed by atoms with Gasteiger partial charge >= 0.3 is 5.97 Å². The molecule has 2 fully saturated rings. The predicted octanol–water partition coefficient (Wildman–Crippen LogP) is 2.16. The molecular formula is C15H22O4. The number of fused-ring (bicyclic) bond motifs is 1. The number of hydrogen-bond donors (Lipinski definition) is 2. The smallest absolute Gasteiger partial charge is 0.331 e. The van der Waals surface area contributed by atoms with Crippen LogP contribution in [0.2, 0.25) is 0 Å². The van der Waals surface area contributed by atoms with E-state index in [-0.39, 0.29) is 23.2 Å². The van der Waals surface area contributed by atoms with Crippen molar-refractivity contribution in [2.75, 3.05) is 0 Å². The van der Waals surface area contributed by atoms with Crippen LogP contribution in [0.4, 0.5) is 0 Å². The van der Waals surface area contributed by atoms with Crippen molar-refractivity contribution in [3.63, 3.8) is 0 Å². The first-order chi connectivity index (χ1) is 8.72. The van der Waals surface area contributed by atoms with Gasteiger partial charge in [0.25, 0.3) is 0 Å². The molecule has 0 aromatic rings. The lowest BCUT2D eigenvalue weighted by atomic mass is 9.66. The highest BCUT2D eigenvalue weighted by molar-refractivity contribution is 5.90. The normalized spacial score (nSPS) is 42.6. The molecule has 2 N–H and O–H groups in total. The molecule has 19 heavy (non-hydrogen) atoms. The molecule has 0 spiro atoms. The predicted molar refractivity (Wildman–Crippen MR) is 70.6 cm³/mol. The number of aliphatic hydroxyl groups is 1. The molecule has 106 valence electrons. The minimum Gasteiger partial charge on any atom is -0.478 e. The third kappa shape index (κ3) is 1.93. The number of rotatable bonds is 2. The third-order valence-corrected chi connectivity index (χ3v) is 5.49. The van der Waals surface area contributed by atoms with E-state index < -0.39 is 17.0 Å². The molecule has 0 aromatic carbocycles. The maximum Gasteiger partial charge on any atom is 0.331 e. The second-order valence-corrected chi connectivity index (χ2v) is 6.39. The average Bonchev–Trinajstić information content (AvgIpc) is 2.52. The Hall–Kier alpha value is -1.16. The molecule has 2 aliphatic carbocycles. The van der Waals surface area contributed by atoms with Gasteiger partial charge in [-0.3, -0.25) is 4.79 Å². The second-order valence-electron chi connectivity index (χ2n) is 6.39. The summed E-state index contributed by atoms with van der Waals surface area (Å²) in [5.74, 6) is -1.15. The summed E-state index contributed by atoms with van der Waals surface area (Å²) in [6.45, 7) is 7.40. The van der Waals surface area contributed by atoms with Crippen molar-refractivity contribution in [2.45, 2.75) is 51.6 Å². The Kier molecular flexibility index (Phi) is 3.33. The topological polar surface area (TPSA) is 74.6 Å². The Morgan fingerprint density at radius 1 is 1.42 bits per heavy atom. The van der Waals surface area contributed by atoms with Gasteiger partial charge in [-0.2, -0.15) is 0 Å². The molecule has 0 aromatic heterocycles. The number of carboxylic acids is 1. The van der Waals surface area contributed by atoms with Gasteiger partial charge in [-0.25, -0.2) is 4.79 Å². The van der Waals surface area contributed by atoms with E-state index in [2.05, 4.69) is 6.58 Å². The maximum atomic E-state index is 12.2. The number of carbonyl (C=O) groups excluding carboxylic acids is 1. The van der Waals surface area contributed by atoms with E-state index >= 15 is 0 Å². The van der Waals surface area contributed by atoms with Crippen molar-refractivity contribution in [3.05, 3.63) is 12.2 Å². The molecule has 0 radical (unpaired) electrons. The van der Waals surface area contributed by atoms with E-state index in [0.29, 0.717) is 25.7 Å². The second kappa shape index (κ2) is 4.44. The third-order valence-electron chi connectivity index (χ3n) is 5.49. The van der Waals surface area contributed by atoms with Gasteiger partial charge in [0.2, 0.25) is 0 Å². The molecule has 0 bridgehead atoms. The molecule has 4 heteroatoms. The molecule has 2 saturated carbocycles. The summed E-state index contributed by atoms with van der Waals surface area (Å²) in [4.78, 5) is 23.3. The number of aliphatic carboxylic acids is 1. The van der Waals surface area contributed by atoms with E-state index in [1.165, 1.54) is 0 Å². The van der Waals surface area contributed by atoms with Crippen LogP contribution in [0.1, 0.15) is 46.0 Å². The van der Waals surface area contributed by atoms with Gasteiger partial charge in [0, 0.05) is 12.0 Å². The molecular weight excluding hydrogens is 244 g/mol. The lowest BCUT2D eigenvalue weighted by molar-refractivity contribution is -0.142. The van der Waals surface area contributed by atoms with Crippen molar-refractivity contribution in [1.82, 2.24) is 0 Å². The van der Waals surface area contributed by atoms with Gasteiger partial charge in [-0.1, -0.05) is 13.5 Å². The molecule has 2 aliphatic rings. The summed E-state index contributed by atoms with van der Waals surface area (Å²) in [5, 5.41) is 20.0. The van der Waals surface area contributed by atoms with Gasteiger partial charge in [-0.05, 0) is 44.4 Å². The van der Waals surface area contributed by atoms with Crippen molar-refractivity contribution in [2.24, 2.45) is 17.3 Å². The molecule has 4 unspecified atom stereocenters. The van der Waals surface area contributed by atoms with Gasteiger partial charge in [0.1, 0.15) is 5.78 Å². The van der Waals surface area contributed by atoms with E-state index in [1.54, 1.807) is 6.92 Å². The average molecular weight is 266 g/mol. The number of carboxylic acid groups (broad SMARTS) is 1. The van der Waals surface area contributed by atoms with Crippen LogP contribution in [0.25, 0.3) is 0 Å². The van der Waals surface area contributed by atoms with Crippen LogP contribution in [0.3, 0.4) is 0 Å². The Labute approximate surface area is 113 Å². The lowest BCUT2D eigenvalue weighted by Crippen LogP contribution is -2.49. The zero-order valence-electron chi connectivity index (χ0n) is 11.6. The summed E-state index contributed by atoms with van der Waals surface area (Å²) in [6.07, 6.45) is 2.70. The largest absolute Gasteiger partial charge is 0.478 e. The van der Waals surface area contributed by atoms with Crippen LogP contribution in [-0.4, -0.2) is 27.6 Å². The summed E-state index contributed by atoms with van der Waals surface area (Å²) in [7, 11) is 0. The fourth-order valence-corrected chi connectivity index (χ4v) is 3.93. The van der Waals surface area contributed by atoms with Crippen molar-refractivity contribution >= 4 is 11.8 Å². The first-order valence-electron chi connectivity index (χ1n) is 6.90. The van der Waals surface area contributed by atoms with Crippen molar-refractivity contribution < 1.29 is 19.8 Å². The van der Waals surface area contributed by atoms with E-state index in [0.717, 1.165) is 6.42 Å². The monoisotopic (exact) mass is 266 g/mol. The lowest BCUT2D eigenvalue weighted by Gasteiger charge is -2.41. The molecule has 4 nitrogen and oxygen atoms in total. The van der Waals surface area contributed by atoms with Crippen LogP contribution in [0.5, 0.6) is 0 Å². The molecule has 0 heterocycles. The molecule has 0 aliphatic heterocycles. The number of Topliss-reactive ketones (excluding diaryl/α,β-unsaturated/α-hetero) is 1. The first-order valence-corrected chi connectivity index (χ1v) is 6.90. The van der Waals surface area contributed by atoms with Gasteiger partial charge < -0.3 is 10.2 Å². The minimum absolute atomic E-state index is 0.00976. The molecule has 4 atom stereocenters. The van der Waals surface area contributed by atoms with Gasteiger partial charge in [0.05, 0.1) is 11.0 Å². The standard InChI is InChI=1S/C15H22O4/c1-9-4-5-11(10(2)13(17)18)8-14(3)12(16)6-7-15(9,14)19/h9,11,19H,2,4-8H2,1,3H3,(H,17,18). The summed E-state index contributed by atoms with van der Waals surface area (Å²) >= 11 is 0. The zero-order valence-corrected chi connectivity index (χ0v) is 11.6. The van der Waals surface area contributed by atoms with Crippen LogP contribution in [-0.2, 0) is 9.59 Å². The SMILES string of the molecule is C=C(C(=O)O)C1CCC(C)C2(O)CCC(=O)C2(C)C1. The highest BCUT2D eigenvalue weighted by Gasteiger charge is 2.60.